The van der Waals surface area contributed by atoms with Crippen LogP contribution in [-0.4, -0.2) is 72.7 Å². The number of hydrogen-bond acceptors (Lipinski definition) is 4. The number of piperidine rings is 1. The van der Waals surface area contributed by atoms with Gasteiger partial charge in [0, 0.05) is 26.6 Å². The van der Waals surface area contributed by atoms with Crippen LogP contribution in [0, 0.1) is 5.92 Å². The summed E-state index contributed by atoms with van der Waals surface area (Å²) in [5, 5.41) is 0. The largest absolute Gasteiger partial charge is 0.349 e. The first-order valence-corrected chi connectivity index (χ1v) is 8.88. The number of amides is 3. The maximum absolute atomic E-state index is 12.3. The summed E-state index contributed by atoms with van der Waals surface area (Å²) < 4.78 is 0. The van der Waals surface area contributed by atoms with Gasteiger partial charge in [-0.05, 0) is 51.0 Å². The van der Waals surface area contributed by atoms with Gasteiger partial charge in [0.05, 0.1) is 11.1 Å². The maximum atomic E-state index is 12.3. The van der Waals surface area contributed by atoms with Gasteiger partial charge >= 0.3 is 0 Å². The lowest BCUT2D eigenvalue weighted by atomic mass is 9.95. The van der Waals surface area contributed by atoms with E-state index in [1.54, 1.807) is 43.3 Å². The van der Waals surface area contributed by atoms with Crippen LogP contribution < -0.4 is 0 Å². The smallest absolute Gasteiger partial charge is 0.261 e. The Morgan fingerprint density at radius 2 is 1.60 bits per heavy atom. The van der Waals surface area contributed by atoms with Gasteiger partial charge in [0.2, 0.25) is 5.91 Å². The summed E-state index contributed by atoms with van der Waals surface area (Å²) >= 11 is 0. The van der Waals surface area contributed by atoms with Gasteiger partial charge in [-0.15, -0.1) is 0 Å². The average molecular weight is 343 g/mol. The Bertz CT molecular complexity index is 643. The molecule has 134 valence electrons. The van der Waals surface area contributed by atoms with E-state index in [9.17, 15) is 14.4 Å². The van der Waals surface area contributed by atoms with Crippen molar-refractivity contribution in [3.05, 3.63) is 35.4 Å². The molecule has 0 atom stereocenters. The van der Waals surface area contributed by atoms with E-state index in [1.807, 2.05) is 0 Å². The Morgan fingerprint density at radius 3 is 2.12 bits per heavy atom. The number of carbonyl (C=O) groups excluding carboxylic acids is 3. The van der Waals surface area contributed by atoms with Gasteiger partial charge in [-0.25, -0.2) is 0 Å². The van der Waals surface area contributed by atoms with E-state index in [0.717, 1.165) is 38.9 Å². The van der Waals surface area contributed by atoms with E-state index >= 15 is 0 Å². The summed E-state index contributed by atoms with van der Waals surface area (Å²) in [6.07, 6.45) is 2.52. The van der Waals surface area contributed by atoms with E-state index in [0.29, 0.717) is 17.7 Å². The molecule has 0 radical (unpaired) electrons. The van der Waals surface area contributed by atoms with E-state index in [4.69, 9.17) is 0 Å². The Balaban J connectivity index is 1.45. The normalized spacial score (nSPS) is 18.6. The van der Waals surface area contributed by atoms with Crippen molar-refractivity contribution in [1.82, 2.24) is 14.7 Å². The SMILES string of the molecule is CN(C)C(=O)C1CCN(CCCN2C(=O)c3ccccc3C2=O)CC1. The Hall–Kier alpha value is -2.21. The van der Waals surface area contributed by atoms with Crippen molar-refractivity contribution in [3.8, 4) is 0 Å². The zero-order valence-corrected chi connectivity index (χ0v) is 14.9. The third-order valence-corrected chi connectivity index (χ3v) is 5.11. The standard InChI is InChI=1S/C19H25N3O3/c1-20(2)17(23)14-8-12-21(13-9-14)10-5-11-22-18(24)15-6-3-4-7-16(15)19(22)25/h3-4,6-7,14H,5,8-13H2,1-2H3. The molecule has 1 aromatic rings. The minimum atomic E-state index is -0.184. The monoisotopic (exact) mass is 343 g/mol. The number of rotatable bonds is 5. The van der Waals surface area contributed by atoms with Gasteiger partial charge in [-0.1, -0.05) is 12.1 Å². The van der Waals surface area contributed by atoms with Gasteiger partial charge in [-0.3, -0.25) is 19.3 Å². The molecule has 0 spiro atoms. The molecule has 25 heavy (non-hydrogen) atoms. The molecular formula is C19H25N3O3. The van der Waals surface area contributed by atoms with E-state index in [2.05, 4.69) is 4.90 Å². The summed E-state index contributed by atoms with van der Waals surface area (Å²) in [6.45, 7) is 3.08. The molecule has 6 nitrogen and oxygen atoms in total. The average Bonchev–Trinajstić information content (AvgIpc) is 2.87. The first kappa shape index (κ1) is 17.6. The highest BCUT2D eigenvalue weighted by molar-refractivity contribution is 6.21. The predicted molar refractivity (Wildman–Crippen MR) is 94.3 cm³/mol. The highest BCUT2D eigenvalue weighted by Gasteiger charge is 2.34. The maximum Gasteiger partial charge on any atom is 0.261 e. The van der Waals surface area contributed by atoms with Gasteiger partial charge in [0.1, 0.15) is 0 Å². The molecule has 0 unspecified atom stereocenters. The third-order valence-electron chi connectivity index (χ3n) is 5.11. The third kappa shape index (κ3) is 3.58. The summed E-state index contributed by atoms with van der Waals surface area (Å²) in [6, 6.07) is 6.99. The molecule has 1 fully saturated rings. The molecule has 0 saturated carbocycles. The first-order valence-electron chi connectivity index (χ1n) is 8.88. The number of imide groups is 1. The van der Waals surface area contributed by atoms with E-state index < -0.39 is 0 Å². The molecule has 1 aromatic carbocycles. The highest BCUT2D eigenvalue weighted by atomic mass is 16.2. The number of hydrogen-bond donors (Lipinski definition) is 0. The van der Waals surface area contributed by atoms with Crippen LogP contribution in [-0.2, 0) is 4.79 Å². The van der Waals surface area contributed by atoms with Gasteiger partial charge in [0.25, 0.3) is 11.8 Å². The fourth-order valence-corrected chi connectivity index (χ4v) is 3.66. The summed E-state index contributed by atoms with van der Waals surface area (Å²) in [5.41, 5.74) is 1.02. The van der Waals surface area contributed by atoms with Crippen molar-refractivity contribution < 1.29 is 14.4 Å². The van der Waals surface area contributed by atoms with Crippen LogP contribution in [0.15, 0.2) is 24.3 Å². The minimum absolute atomic E-state index is 0.127. The van der Waals surface area contributed by atoms with Crippen molar-refractivity contribution in [2.45, 2.75) is 19.3 Å². The molecule has 1 saturated heterocycles. The lowest BCUT2D eigenvalue weighted by molar-refractivity contribution is -0.134. The second-order valence-corrected chi connectivity index (χ2v) is 7.01. The quantitative estimate of drug-likeness (QED) is 0.760. The molecule has 0 aromatic heterocycles. The van der Waals surface area contributed by atoms with Crippen molar-refractivity contribution in [2.75, 3.05) is 40.3 Å². The Kier molecular flexibility index (Phi) is 5.18. The highest BCUT2D eigenvalue weighted by Crippen LogP contribution is 2.23. The van der Waals surface area contributed by atoms with E-state index in [-0.39, 0.29) is 23.6 Å². The van der Waals surface area contributed by atoms with Crippen molar-refractivity contribution in [1.29, 1.82) is 0 Å². The molecule has 0 N–H and O–H groups in total. The molecule has 6 heteroatoms. The predicted octanol–water partition coefficient (Wildman–Crippen LogP) is 1.47. The molecule has 0 bridgehead atoms. The van der Waals surface area contributed by atoms with Crippen LogP contribution in [0.5, 0.6) is 0 Å². The summed E-state index contributed by atoms with van der Waals surface area (Å²) in [4.78, 5) is 42.0. The van der Waals surface area contributed by atoms with Crippen LogP contribution in [0.25, 0.3) is 0 Å². The molecule has 0 aliphatic carbocycles. The fraction of sp³-hybridized carbons (Fsp3) is 0.526. The molecule has 3 amide bonds. The van der Waals surface area contributed by atoms with Crippen molar-refractivity contribution in [2.24, 2.45) is 5.92 Å². The van der Waals surface area contributed by atoms with Gasteiger partial charge in [-0.2, -0.15) is 0 Å². The van der Waals surface area contributed by atoms with Crippen molar-refractivity contribution >= 4 is 17.7 Å². The zero-order valence-electron chi connectivity index (χ0n) is 14.9. The number of nitrogens with zero attached hydrogens (tertiary/aromatic N) is 3. The van der Waals surface area contributed by atoms with Crippen LogP contribution in [0.3, 0.4) is 0 Å². The van der Waals surface area contributed by atoms with Gasteiger partial charge in [0.15, 0.2) is 0 Å². The Morgan fingerprint density at radius 1 is 1.04 bits per heavy atom. The fourth-order valence-electron chi connectivity index (χ4n) is 3.66. The zero-order chi connectivity index (χ0) is 18.0. The molecule has 2 heterocycles. The lowest BCUT2D eigenvalue weighted by Gasteiger charge is -2.32. The second kappa shape index (κ2) is 7.35. The number of benzene rings is 1. The number of fused-ring (bicyclic) bond motifs is 1. The molecule has 3 rings (SSSR count). The van der Waals surface area contributed by atoms with Crippen LogP contribution in [0.2, 0.25) is 0 Å². The van der Waals surface area contributed by atoms with Crippen LogP contribution in [0.1, 0.15) is 40.0 Å². The second-order valence-electron chi connectivity index (χ2n) is 7.01. The lowest BCUT2D eigenvalue weighted by Crippen LogP contribution is -2.41. The van der Waals surface area contributed by atoms with Crippen LogP contribution in [0.4, 0.5) is 0 Å². The van der Waals surface area contributed by atoms with Crippen molar-refractivity contribution in [3.63, 3.8) is 0 Å². The summed E-state index contributed by atoms with van der Waals surface area (Å²) in [5.74, 6) is -0.0278. The molecular weight excluding hydrogens is 318 g/mol. The van der Waals surface area contributed by atoms with Gasteiger partial charge < -0.3 is 9.80 Å². The number of carbonyl (C=O) groups is 3. The molecule has 2 aliphatic rings. The first-order chi connectivity index (χ1) is 12.0. The molecule has 2 aliphatic heterocycles. The Labute approximate surface area is 148 Å². The minimum Gasteiger partial charge on any atom is -0.349 e. The van der Waals surface area contributed by atoms with Crippen LogP contribution >= 0.6 is 0 Å². The summed E-state index contributed by atoms with van der Waals surface area (Å²) in [7, 11) is 3.60. The topological polar surface area (TPSA) is 60.9 Å². The number of likely N-dealkylation sites (tertiary alicyclic amines) is 1. The van der Waals surface area contributed by atoms with E-state index in [1.165, 1.54) is 4.90 Å².